The number of furan rings is 1. The van der Waals surface area contributed by atoms with Gasteiger partial charge in [-0.3, -0.25) is 10.1 Å². The standard InChI is InChI=1S/C19H18N6O4S/c26-18(15-5-4-10-29-15)22-19-21-17-16(23-24-19)13-11-12(6-7-14(13)20-17)30(27,28)25-8-2-1-3-9-25/h4-7,10-11H,1-3,8-9H2,(H2,20,21,22,24,26). The van der Waals surface area contributed by atoms with Gasteiger partial charge in [0, 0.05) is 24.0 Å². The Hall–Kier alpha value is -3.31. The number of carbonyl (C=O) groups excluding carboxylic acids is 1. The quantitative estimate of drug-likeness (QED) is 0.512. The minimum absolute atomic E-state index is 0.0108. The summed E-state index contributed by atoms with van der Waals surface area (Å²) in [7, 11) is -3.57. The predicted molar refractivity (Wildman–Crippen MR) is 108 cm³/mol. The second-order valence-corrected chi connectivity index (χ2v) is 9.00. The Morgan fingerprint density at radius 3 is 2.73 bits per heavy atom. The molecule has 0 spiro atoms. The van der Waals surface area contributed by atoms with Crippen LogP contribution in [0.1, 0.15) is 29.8 Å². The summed E-state index contributed by atoms with van der Waals surface area (Å²) in [6.45, 7) is 1.07. The van der Waals surface area contributed by atoms with Crippen molar-refractivity contribution in [1.82, 2.24) is 24.5 Å². The van der Waals surface area contributed by atoms with Crippen molar-refractivity contribution in [3.05, 3.63) is 42.4 Å². The first-order chi connectivity index (χ1) is 14.5. The highest BCUT2D eigenvalue weighted by Gasteiger charge is 2.26. The second kappa shape index (κ2) is 7.18. The smallest absolute Gasteiger partial charge is 0.293 e. The van der Waals surface area contributed by atoms with Crippen molar-refractivity contribution in [1.29, 1.82) is 0 Å². The van der Waals surface area contributed by atoms with Crippen molar-refractivity contribution in [2.75, 3.05) is 18.4 Å². The first kappa shape index (κ1) is 18.7. The second-order valence-electron chi connectivity index (χ2n) is 7.06. The Bertz CT molecular complexity index is 1340. The Kier molecular flexibility index (Phi) is 4.48. The molecule has 0 unspecified atom stereocenters. The zero-order valence-electron chi connectivity index (χ0n) is 15.8. The summed E-state index contributed by atoms with van der Waals surface area (Å²) in [6, 6.07) is 7.99. The summed E-state index contributed by atoms with van der Waals surface area (Å²) < 4.78 is 32.5. The van der Waals surface area contributed by atoms with E-state index >= 15 is 0 Å². The number of rotatable bonds is 4. The number of aromatic nitrogens is 4. The van der Waals surface area contributed by atoms with Crippen LogP contribution in [0, 0.1) is 0 Å². The summed E-state index contributed by atoms with van der Waals surface area (Å²) in [5.74, 6) is -0.355. The Morgan fingerprint density at radius 1 is 1.13 bits per heavy atom. The van der Waals surface area contributed by atoms with Crippen LogP contribution in [0.3, 0.4) is 0 Å². The molecule has 1 aliphatic rings. The fourth-order valence-electron chi connectivity index (χ4n) is 3.59. The molecular weight excluding hydrogens is 408 g/mol. The number of sulfonamides is 1. The highest BCUT2D eigenvalue weighted by molar-refractivity contribution is 7.89. The molecule has 0 aliphatic carbocycles. The molecule has 1 saturated heterocycles. The highest BCUT2D eigenvalue weighted by Crippen LogP contribution is 2.28. The molecule has 10 nitrogen and oxygen atoms in total. The molecule has 0 radical (unpaired) electrons. The van der Waals surface area contributed by atoms with Gasteiger partial charge in [-0.1, -0.05) is 6.42 Å². The van der Waals surface area contributed by atoms with E-state index < -0.39 is 15.9 Å². The largest absolute Gasteiger partial charge is 0.459 e. The number of hydrogen-bond acceptors (Lipinski definition) is 7. The van der Waals surface area contributed by atoms with Crippen molar-refractivity contribution >= 4 is 43.9 Å². The topological polar surface area (TPSA) is 134 Å². The maximum Gasteiger partial charge on any atom is 0.293 e. The molecule has 30 heavy (non-hydrogen) atoms. The number of fused-ring (bicyclic) bond motifs is 3. The highest BCUT2D eigenvalue weighted by atomic mass is 32.2. The predicted octanol–water partition coefficient (Wildman–Crippen LogP) is 2.53. The Labute approximate surface area is 171 Å². The van der Waals surface area contributed by atoms with E-state index in [9.17, 15) is 13.2 Å². The van der Waals surface area contributed by atoms with Crippen molar-refractivity contribution in [2.45, 2.75) is 24.2 Å². The van der Waals surface area contributed by atoms with E-state index in [0.29, 0.717) is 35.2 Å². The molecule has 0 saturated carbocycles. The zero-order chi connectivity index (χ0) is 20.7. The lowest BCUT2D eigenvalue weighted by atomic mass is 10.2. The number of aromatic amines is 1. The molecule has 4 aromatic rings. The van der Waals surface area contributed by atoms with Crippen LogP contribution < -0.4 is 5.32 Å². The molecule has 0 bridgehead atoms. The summed E-state index contributed by atoms with van der Waals surface area (Å²) in [5.41, 5.74) is 1.50. The number of hydrogen-bond donors (Lipinski definition) is 2. The van der Waals surface area contributed by atoms with Gasteiger partial charge in [0.15, 0.2) is 11.4 Å². The number of benzene rings is 1. The lowest BCUT2D eigenvalue weighted by Crippen LogP contribution is -2.35. The van der Waals surface area contributed by atoms with Crippen LogP contribution >= 0.6 is 0 Å². The lowest BCUT2D eigenvalue weighted by Gasteiger charge is -2.25. The number of piperidine rings is 1. The molecule has 2 N–H and O–H groups in total. The Morgan fingerprint density at radius 2 is 1.97 bits per heavy atom. The molecular formula is C19H18N6O4S. The minimum Gasteiger partial charge on any atom is -0.459 e. The van der Waals surface area contributed by atoms with E-state index in [1.54, 1.807) is 24.3 Å². The summed E-state index contributed by atoms with van der Waals surface area (Å²) in [5, 5.41) is 11.2. The number of anilines is 1. The van der Waals surface area contributed by atoms with Crippen molar-refractivity contribution < 1.29 is 17.6 Å². The molecule has 0 atom stereocenters. The normalized spacial score (nSPS) is 15.6. The van der Waals surface area contributed by atoms with E-state index in [-0.39, 0.29) is 16.6 Å². The molecule has 11 heteroatoms. The first-order valence-corrected chi connectivity index (χ1v) is 11.0. The number of nitrogens with zero attached hydrogens (tertiary/aromatic N) is 4. The SMILES string of the molecule is O=C(Nc1nnc2c(n1)[nH]c1ccc(S(=O)(=O)N3CCCCC3)cc12)c1ccco1. The van der Waals surface area contributed by atoms with Crippen LogP contribution in [0.15, 0.2) is 45.9 Å². The van der Waals surface area contributed by atoms with Crippen LogP contribution in [-0.4, -0.2) is 51.9 Å². The molecule has 1 aliphatic heterocycles. The van der Waals surface area contributed by atoms with E-state index in [1.165, 1.54) is 16.6 Å². The average molecular weight is 426 g/mol. The van der Waals surface area contributed by atoms with Gasteiger partial charge in [0.05, 0.1) is 11.2 Å². The lowest BCUT2D eigenvalue weighted by molar-refractivity contribution is 0.0995. The molecule has 3 aromatic heterocycles. The van der Waals surface area contributed by atoms with Gasteiger partial charge in [-0.05, 0) is 43.2 Å². The fourth-order valence-corrected chi connectivity index (χ4v) is 5.13. The average Bonchev–Trinajstić information content (AvgIpc) is 3.41. The van der Waals surface area contributed by atoms with Crippen molar-refractivity contribution in [2.24, 2.45) is 0 Å². The molecule has 4 heterocycles. The molecule has 1 fully saturated rings. The van der Waals surface area contributed by atoms with Gasteiger partial charge >= 0.3 is 0 Å². The van der Waals surface area contributed by atoms with Gasteiger partial charge in [-0.25, -0.2) is 8.42 Å². The molecule has 154 valence electrons. The third-order valence-electron chi connectivity index (χ3n) is 5.11. The summed E-state index contributed by atoms with van der Waals surface area (Å²) in [6.07, 6.45) is 4.19. The summed E-state index contributed by atoms with van der Waals surface area (Å²) in [4.78, 5) is 19.7. The monoisotopic (exact) mass is 426 g/mol. The van der Waals surface area contributed by atoms with Crippen LogP contribution in [0.4, 0.5) is 5.95 Å². The number of H-pyrrole nitrogens is 1. The van der Waals surface area contributed by atoms with Gasteiger partial charge in [0.2, 0.25) is 10.0 Å². The first-order valence-electron chi connectivity index (χ1n) is 9.53. The number of carbonyl (C=O) groups is 1. The third kappa shape index (κ3) is 3.21. The number of amides is 1. The maximum absolute atomic E-state index is 13.0. The van der Waals surface area contributed by atoms with E-state index in [0.717, 1.165) is 19.3 Å². The van der Waals surface area contributed by atoms with Crippen LogP contribution in [0.2, 0.25) is 0 Å². The summed E-state index contributed by atoms with van der Waals surface area (Å²) >= 11 is 0. The molecule has 1 amide bonds. The van der Waals surface area contributed by atoms with Gasteiger partial charge in [0.1, 0.15) is 5.52 Å². The van der Waals surface area contributed by atoms with Crippen molar-refractivity contribution in [3.63, 3.8) is 0 Å². The third-order valence-corrected chi connectivity index (χ3v) is 7.00. The van der Waals surface area contributed by atoms with Crippen LogP contribution in [-0.2, 0) is 10.0 Å². The van der Waals surface area contributed by atoms with Gasteiger partial charge in [-0.15, -0.1) is 10.2 Å². The maximum atomic E-state index is 13.0. The van der Waals surface area contributed by atoms with Gasteiger partial charge < -0.3 is 9.40 Å². The van der Waals surface area contributed by atoms with Crippen LogP contribution in [0.25, 0.3) is 22.1 Å². The van der Waals surface area contributed by atoms with E-state index in [2.05, 4.69) is 25.5 Å². The molecule has 1 aromatic carbocycles. The Balaban J connectivity index is 1.50. The minimum atomic E-state index is -3.57. The van der Waals surface area contributed by atoms with Crippen molar-refractivity contribution in [3.8, 4) is 0 Å². The molecule has 5 rings (SSSR count). The van der Waals surface area contributed by atoms with E-state index in [4.69, 9.17) is 4.42 Å². The van der Waals surface area contributed by atoms with E-state index in [1.807, 2.05) is 0 Å². The number of nitrogens with one attached hydrogen (secondary N) is 2. The zero-order valence-corrected chi connectivity index (χ0v) is 16.6. The van der Waals surface area contributed by atoms with Gasteiger partial charge in [0.25, 0.3) is 11.9 Å². The van der Waals surface area contributed by atoms with Gasteiger partial charge in [-0.2, -0.15) is 9.29 Å². The fraction of sp³-hybridized carbons (Fsp3) is 0.263. The van der Waals surface area contributed by atoms with Crippen LogP contribution in [0.5, 0.6) is 0 Å².